The number of nitrogens with zero attached hydrogens (tertiary/aromatic N) is 1. The van der Waals surface area contributed by atoms with Crippen LogP contribution in [0.1, 0.15) is 15.9 Å². The van der Waals surface area contributed by atoms with E-state index in [-0.39, 0.29) is 30.7 Å². The molecule has 8 heteroatoms. The van der Waals surface area contributed by atoms with Gasteiger partial charge in [0, 0.05) is 19.2 Å². The lowest BCUT2D eigenvalue weighted by Crippen LogP contribution is -2.26. The SMILES string of the molecule is COc1cc(CN(C)C(=O)c2ccc3c(c2)OCO3)ccc1OC(F)F. The Morgan fingerprint density at radius 2 is 1.92 bits per heavy atom. The quantitative estimate of drug-likeness (QED) is 0.786. The fourth-order valence-corrected chi connectivity index (χ4v) is 2.60. The van der Waals surface area contributed by atoms with Crippen molar-refractivity contribution in [2.75, 3.05) is 21.0 Å². The van der Waals surface area contributed by atoms with Crippen LogP contribution in [0.3, 0.4) is 0 Å². The van der Waals surface area contributed by atoms with Gasteiger partial charge in [-0.1, -0.05) is 6.07 Å². The molecule has 26 heavy (non-hydrogen) atoms. The Hall–Kier alpha value is -3.03. The number of carbonyl (C=O) groups is 1. The Morgan fingerprint density at radius 1 is 1.15 bits per heavy atom. The Bertz CT molecular complexity index is 812. The number of ether oxygens (including phenoxy) is 4. The van der Waals surface area contributed by atoms with Crippen LogP contribution < -0.4 is 18.9 Å². The van der Waals surface area contributed by atoms with E-state index in [0.29, 0.717) is 22.6 Å². The number of fused-ring (bicyclic) bond motifs is 1. The van der Waals surface area contributed by atoms with Crippen molar-refractivity contribution in [1.29, 1.82) is 0 Å². The van der Waals surface area contributed by atoms with Crippen LogP contribution in [0.4, 0.5) is 8.78 Å². The van der Waals surface area contributed by atoms with Crippen molar-refractivity contribution in [3.05, 3.63) is 47.5 Å². The maximum absolute atomic E-state index is 12.6. The second-order valence-electron chi connectivity index (χ2n) is 5.59. The van der Waals surface area contributed by atoms with E-state index in [9.17, 15) is 13.6 Å². The molecule has 6 nitrogen and oxygen atoms in total. The van der Waals surface area contributed by atoms with Crippen molar-refractivity contribution in [3.8, 4) is 23.0 Å². The molecule has 1 aliphatic heterocycles. The summed E-state index contributed by atoms with van der Waals surface area (Å²) < 4.78 is 44.7. The van der Waals surface area contributed by atoms with Crippen molar-refractivity contribution < 1.29 is 32.5 Å². The Labute approximate surface area is 148 Å². The van der Waals surface area contributed by atoms with Crippen molar-refractivity contribution in [2.24, 2.45) is 0 Å². The van der Waals surface area contributed by atoms with Crippen LogP contribution in [0, 0.1) is 0 Å². The van der Waals surface area contributed by atoms with E-state index in [1.807, 2.05) is 0 Å². The lowest BCUT2D eigenvalue weighted by Gasteiger charge is -2.19. The van der Waals surface area contributed by atoms with E-state index >= 15 is 0 Å². The zero-order chi connectivity index (χ0) is 18.7. The molecule has 1 aliphatic rings. The fraction of sp³-hybridized carbons (Fsp3) is 0.278. The predicted molar refractivity (Wildman–Crippen MR) is 88.0 cm³/mol. The summed E-state index contributed by atoms with van der Waals surface area (Å²) in [7, 11) is 3.00. The number of rotatable bonds is 6. The smallest absolute Gasteiger partial charge is 0.387 e. The molecular formula is C18H17F2NO5. The van der Waals surface area contributed by atoms with Gasteiger partial charge in [-0.2, -0.15) is 8.78 Å². The number of benzene rings is 2. The highest BCUT2D eigenvalue weighted by Crippen LogP contribution is 2.33. The van der Waals surface area contributed by atoms with Crippen molar-refractivity contribution in [2.45, 2.75) is 13.2 Å². The van der Waals surface area contributed by atoms with E-state index in [2.05, 4.69) is 4.74 Å². The zero-order valence-corrected chi connectivity index (χ0v) is 14.2. The molecule has 0 unspecified atom stereocenters. The van der Waals surface area contributed by atoms with E-state index in [0.717, 1.165) is 0 Å². The summed E-state index contributed by atoms with van der Waals surface area (Å²) in [6, 6.07) is 9.51. The summed E-state index contributed by atoms with van der Waals surface area (Å²) in [6.45, 7) is -2.54. The second-order valence-corrected chi connectivity index (χ2v) is 5.59. The van der Waals surface area contributed by atoms with Gasteiger partial charge in [0.05, 0.1) is 7.11 Å². The Kier molecular flexibility index (Phi) is 5.11. The van der Waals surface area contributed by atoms with E-state index in [4.69, 9.17) is 14.2 Å². The van der Waals surface area contributed by atoms with Crippen LogP contribution in [0.25, 0.3) is 0 Å². The van der Waals surface area contributed by atoms with Gasteiger partial charge in [0.2, 0.25) is 6.79 Å². The maximum atomic E-state index is 12.6. The number of carbonyl (C=O) groups excluding carboxylic acids is 1. The standard InChI is InChI=1S/C18H17F2NO5/c1-21(17(22)12-4-6-13-16(8-12)25-10-24-13)9-11-3-5-14(26-18(19)20)15(7-11)23-2/h3-8,18H,9-10H2,1-2H3. The van der Waals surface area contributed by atoms with E-state index < -0.39 is 6.61 Å². The third-order valence-corrected chi connectivity index (χ3v) is 3.83. The molecule has 2 aromatic carbocycles. The normalized spacial score (nSPS) is 12.2. The fourth-order valence-electron chi connectivity index (χ4n) is 2.60. The van der Waals surface area contributed by atoms with Crippen LogP contribution in [0.2, 0.25) is 0 Å². The lowest BCUT2D eigenvalue weighted by atomic mass is 10.1. The highest BCUT2D eigenvalue weighted by atomic mass is 19.3. The van der Waals surface area contributed by atoms with Crippen molar-refractivity contribution in [3.63, 3.8) is 0 Å². The number of hydrogen-bond acceptors (Lipinski definition) is 5. The van der Waals surface area contributed by atoms with Gasteiger partial charge in [-0.15, -0.1) is 0 Å². The molecule has 0 atom stereocenters. The largest absolute Gasteiger partial charge is 0.493 e. The molecule has 0 saturated heterocycles. The molecule has 0 aromatic heterocycles. The topological polar surface area (TPSA) is 57.2 Å². The highest BCUT2D eigenvalue weighted by molar-refractivity contribution is 5.94. The summed E-state index contributed by atoms with van der Waals surface area (Å²) in [6.07, 6.45) is 0. The van der Waals surface area contributed by atoms with Crippen LogP contribution in [-0.4, -0.2) is 38.4 Å². The third-order valence-electron chi connectivity index (χ3n) is 3.83. The van der Waals surface area contributed by atoms with Gasteiger partial charge >= 0.3 is 6.61 Å². The summed E-state index contributed by atoms with van der Waals surface area (Å²) in [4.78, 5) is 14.1. The highest BCUT2D eigenvalue weighted by Gasteiger charge is 2.19. The van der Waals surface area contributed by atoms with Gasteiger partial charge in [0.25, 0.3) is 5.91 Å². The first-order valence-corrected chi connectivity index (χ1v) is 7.75. The molecule has 0 radical (unpaired) electrons. The number of halogens is 2. The first kappa shape index (κ1) is 17.8. The molecule has 0 spiro atoms. The minimum absolute atomic E-state index is 0.0593. The molecule has 3 rings (SSSR count). The average molecular weight is 365 g/mol. The monoisotopic (exact) mass is 365 g/mol. The summed E-state index contributed by atoms with van der Waals surface area (Å²) in [5.74, 6) is 1.03. The predicted octanol–water partition coefficient (Wildman–Crippen LogP) is 3.30. The van der Waals surface area contributed by atoms with Gasteiger partial charge in [-0.05, 0) is 35.9 Å². The van der Waals surface area contributed by atoms with Gasteiger partial charge in [0.15, 0.2) is 23.0 Å². The van der Waals surface area contributed by atoms with E-state index in [1.165, 1.54) is 18.1 Å². The molecule has 0 fully saturated rings. The molecule has 1 amide bonds. The van der Waals surface area contributed by atoms with Crippen molar-refractivity contribution >= 4 is 5.91 Å². The molecule has 0 aliphatic carbocycles. The van der Waals surface area contributed by atoms with Gasteiger partial charge in [-0.3, -0.25) is 4.79 Å². The number of alkyl halides is 2. The van der Waals surface area contributed by atoms with Crippen molar-refractivity contribution in [1.82, 2.24) is 4.90 Å². The van der Waals surface area contributed by atoms with Crippen LogP contribution in [0.15, 0.2) is 36.4 Å². The molecule has 138 valence electrons. The average Bonchev–Trinajstić information content (AvgIpc) is 3.09. The summed E-state index contributed by atoms with van der Waals surface area (Å²) in [5, 5.41) is 0. The Morgan fingerprint density at radius 3 is 2.65 bits per heavy atom. The number of amides is 1. The third kappa shape index (κ3) is 3.79. The van der Waals surface area contributed by atoms with Gasteiger partial charge in [0.1, 0.15) is 0 Å². The molecule has 0 bridgehead atoms. The second kappa shape index (κ2) is 7.47. The minimum Gasteiger partial charge on any atom is -0.493 e. The first-order valence-electron chi connectivity index (χ1n) is 7.75. The molecule has 0 saturated carbocycles. The first-order chi connectivity index (χ1) is 12.5. The molecular weight excluding hydrogens is 348 g/mol. The lowest BCUT2D eigenvalue weighted by molar-refractivity contribution is -0.0512. The molecule has 0 N–H and O–H groups in total. The zero-order valence-electron chi connectivity index (χ0n) is 14.2. The van der Waals surface area contributed by atoms with Gasteiger partial charge < -0.3 is 23.8 Å². The maximum Gasteiger partial charge on any atom is 0.387 e. The van der Waals surface area contributed by atoms with Crippen LogP contribution in [-0.2, 0) is 6.54 Å². The Balaban J connectivity index is 1.72. The molecule has 1 heterocycles. The van der Waals surface area contributed by atoms with Crippen LogP contribution >= 0.6 is 0 Å². The van der Waals surface area contributed by atoms with Gasteiger partial charge in [-0.25, -0.2) is 0 Å². The molecule has 2 aromatic rings. The van der Waals surface area contributed by atoms with Crippen LogP contribution in [0.5, 0.6) is 23.0 Å². The minimum atomic E-state index is -2.94. The number of hydrogen-bond donors (Lipinski definition) is 0. The summed E-state index contributed by atoms with van der Waals surface area (Å²) >= 11 is 0. The summed E-state index contributed by atoms with van der Waals surface area (Å²) in [5.41, 5.74) is 1.17. The van der Waals surface area contributed by atoms with E-state index in [1.54, 1.807) is 37.4 Å². The number of methoxy groups -OCH3 is 1.